The highest BCUT2D eigenvalue weighted by Gasteiger charge is 2.29. The Morgan fingerprint density at radius 1 is 1.19 bits per heavy atom. The van der Waals surface area contributed by atoms with E-state index in [1.807, 2.05) is 19.2 Å². The van der Waals surface area contributed by atoms with Gasteiger partial charge in [0, 0.05) is 24.4 Å². The highest BCUT2D eigenvalue weighted by Crippen LogP contribution is 2.30. The molecule has 1 fully saturated rings. The van der Waals surface area contributed by atoms with Crippen LogP contribution >= 0.6 is 22.7 Å². The van der Waals surface area contributed by atoms with Crippen LogP contribution in [0.2, 0.25) is 0 Å². The van der Waals surface area contributed by atoms with Crippen LogP contribution in [0.5, 0.6) is 0 Å². The molecule has 0 radical (unpaired) electrons. The van der Waals surface area contributed by atoms with Crippen LogP contribution in [-0.4, -0.2) is 40.7 Å². The van der Waals surface area contributed by atoms with E-state index in [1.54, 1.807) is 23.1 Å². The Morgan fingerprint density at radius 3 is 2.61 bits per heavy atom. The van der Waals surface area contributed by atoms with Crippen LogP contribution in [0, 0.1) is 19.8 Å². The summed E-state index contributed by atoms with van der Waals surface area (Å²) in [5, 5.41) is 8.73. The second-order valence-electron chi connectivity index (χ2n) is 7.40. The maximum absolute atomic E-state index is 13.0. The van der Waals surface area contributed by atoms with Crippen LogP contribution < -0.4 is 10.6 Å². The average molecular weight is 459 g/mol. The van der Waals surface area contributed by atoms with E-state index in [1.165, 1.54) is 28.9 Å². The third-order valence-corrected chi connectivity index (χ3v) is 7.11. The van der Waals surface area contributed by atoms with Crippen molar-refractivity contribution < 1.29 is 18.8 Å². The lowest BCUT2D eigenvalue weighted by molar-refractivity contribution is -0.121. The van der Waals surface area contributed by atoms with E-state index in [0.717, 1.165) is 11.3 Å². The molecule has 162 valence electrons. The summed E-state index contributed by atoms with van der Waals surface area (Å²) in [5.74, 6) is -0.396. The van der Waals surface area contributed by atoms with Crippen molar-refractivity contribution in [3.8, 4) is 0 Å². The summed E-state index contributed by atoms with van der Waals surface area (Å²) in [6.07, 6.45) is 2.65. The van der Waals surface area contributed by atoms with Gasteiger partial charge < -0.3 is 20.0 Å². The minimum atomic E-state index is -0.354. The monoisotopic (exact) mass is 458 g/mol. The van der Waals surface area contributed by atoms with Crippen LogP contribution in [0.1, 0.15) is 44.3 Å². The molecule has 10 heteroatoms. The first-order valence-electron chi connectivity index (χ1n) is 9.88. The lowest BCUT2D eigenvalue weighted by Gasteiger charge is -2.31. The number of nitrogens with one attached hydrogen (secondary N) is 2. The molecule has 1 saturated heterocycles. The molecule has 1 aliphatic heterocycles. The Labute approximate surface area is 187 Å². The normalized spacial score (nSPS) is 14.5. The number of thiazole rings is 1. The molecule has 0 aliphatic carbocycles. The number of piperidine rings is 1. The fourth-order valence-electron chi connectivity index (χ4n) is 3.44. The number of anilines is 2. The molecule has 31 heavy (non-hydrogen) atoms. The van der Waals surface area contributed by atoms with Crippen molar-refractivity contribution in [3.63, 3.8) is 0 Å². The van der Waals surface area contributed by atoms with Gasteiger partial charge in [-0.15, -0.1) is 22.7 Å². The zero-order valence-corrected chi connectivity index (χ0v) is 18.8. The lowest BCUT2D eigenvalue weighted by atomic mass is 9.96. The Morgan fingerprint density at radius 2 is 1.97 bits per heavy atom. The van der Waals surface area contributed by atoms with Crippen molar-refractivity contribution in [2.75, 3.05) is 23.7 Å². The summed E-state index contributed by atoms with van der Waals surface area (Å²) in [6, 6.07) is 5.01. The predicted molar refractivity (Wildman–Crippen MR) is 120 cm³/mol. The SMILES string of the molecule is Cc1csc(NC(=O)C2CCN(C(=O)c3sc(NC(=O)c4ccco4)cc3C)CC2)n1. The van der Waals surface area contributed by atoms with Gasteiger partial charge in [0.15, 0.2) is 10.9 Å². The quantitative estimate of drug-likeness (QED) is 0.597. The first kappa shape index (κ1) is 21.3. The molecule has 8 nitrogen and oxygen atoms in total. The second kappa shape index (κ2) is 9.03. The largest absolute Gasteiger partial charge is 0.459 e. The molecule has 4 rings (SSSR count). The lowest BCUT2D eigenvalue weighted by Crippen LogP contribution is -2.41. The smallest absolute Gasteiger partial charge is 0.291 e. The zero-order valence-electron chi connectivity index (χ0n) is 17.1. The van der Waals surface area contributed by atoms with Crippen molar-refractivity contribution in [1.29, 1.82) is 0 Å². The third kappa shape index (κ3) is 4.86. The van der Waals surface area contributed by atoms with Gasteiger partial charge in [0.05, 0.1) is 21.8 Å². The molecule has 3 amide bonds. The number of carbonyl (C=O) groups is 3. The minimum absolute atomic E-state index is 0.0447. The molecule has 3 aromatic heterocycles. The Balaban J connectivity index is 1.33. The van der Waals surface area contributed by atoms with Crippen molar-refractivity contribution >= 4 is 50.5 Å². The van der Waals surface area contributed by atoms with Crippen LogP contribution in [0.4, 0.5) is 10.1 Å². The maximum atomic E-state index is 13.0. The molecule has 0 bridgehead atoms. The first-order valence-corrected chi connectivity index (χ1v) is 11.6. The number of rotatable bonds is 5. The van der Waals surface area contributed by atoms with Crippen molar-refractivity contribution in [2.24, 2.45) is 5.92 Å². The summed E-state index contributed by atoms with van der Waals surface area (Å²) >= 11 is 2.66. The van der Waals surface area contributed by atoms with Gasteiger partial charge in [-0.05, 0) is 50.5 Å². The minimum Gasteiger partial charge on any atom is -0.459 e. The van der Waals surface area contributed by atoms with Crippen molar-refractivity contribution in [2.45, 2.75) is 26.7 Å². The highest BCUT2D eigenvalue weighted by molar-refractivity contribution is 7.18. The number of aromatic nitrogens is 1. The maximum Gasteiger partial charge on any atom is 0.291 e. The number of furan rings is 1. The highest BCUT2D eigenvalue weighted by atomic mass is 32.1. The van der Waals surface area contributed by atoms with Crippen molar-refractivity contribution in [3.05, 3.63) is 51.7 Å². The molecular formula is C21H22N4O4S2. The number of likely N-dealkylation sites (tertiary alicyclic amines) is 1. The van der Waals surface area contributed by atoms with E-state index < -0.39 is 0 Å². The summed E-state index contributed by atoms with van der Waals surface area (Å²) in [7, 11) is 0. The number of carbonyl (C=O) groups excluding carboxylic acids is 3. The molecule has 0 spiro atoms. The van der Waals surface area contributed by atoms with Crippen LogP contribution in [-0.2, 0) is 4.79 Å². The Hall–Kier alpha value is -2.98. The molecular weight excluding hydrogens is 436 g/mol. The molecule has 4 heterocycles. The van der Waals surface area contributed by atoms with Gasteiger partial charge in [-0.3, -0.25) is 14.4 Å². The van der Waals surface area contributed by atoms with E-state index in [0.29, 0.717) is 40.9 Å². The van der Waals surface area contributed by atoms with Gasteiger partial charge in [0.25, 0.3) is 11.8 Å². The Bertz CT molecular complexity index is 1090. The number of aryl methyl sites for hydroxylation is 2. The molecule has 2 N–H and O–H groups in total. The summed E-state index contributed by atoms with van der Waals surface area (Å²) in [5.41, 5.74) is 1.69. The first-order chi connectivity index (χ1) is 14.9. The summed E-state index contributed by atoms with van der Waals surface area (Å²) in [4.78, 5) is 44.3. The topological polar surface area (TPSA) is 105 Å². The standard InChI is InChI=1S/C21H22N4O4S2/c1-12-10-16(23-19(27)15-4-3-9-29-15)31-17(12)20(28)25-7-5-14(6-8-25)18(26)24-21-22-13(2)11-30-21/h3-4,9-11,14H,5-8H2,1-2H3,(H,23,27)(H,22,24,26). The summed E-state index contributed by atoms with van der Waals surface area (Å²) in [6.45, 7) is 4.76. The third-order valence-electron chi connectivity index (χ3n) is 5.10. The van der Waals surface area contributed by atoms with Crippen LogP contribution in [0.25, 0.3) is 0 Å². The van der Waals surface area contributed by atoms with Gasteiger partial charge in [-0.2, -0.15) is 0 Å². The molecule has 0 saturated carbocycles. The predicted octanol–water partition coefficient (Wildman–Crippen LogP) is 4.16. The number of hydrogen-bond acceptors (Lipinski definition) is 7. The summed E-state index contributed by atoms with van der Waals surface area (Å²) < 4.78 is 5.10. The van der Waals surface area contributed by atoms with Crippen molar-refractivity contribution in [1.82, 2.24) is 9.88 Å². The van der Waals surface area contributed by atoms with E-state index in [4.69, 9.17) is 4.42 Å². The molecule has 3 aromatic rings. The zero-order chi connectivity index (χ0) is 22.0. The fourth-order valence-corrected chi connectivity index (χ4v) is 5.17. The number of hydrogen-bond donors (Lipinski definition) is 2. The fraction of sp³-hybridized carbons (Fsp3) is 0.333. The van der Waals surface area contributed by atoms with Gasteiger partial charge in [-0.25, -0.2) is 4.98 Å². The number of amides is 3. The van der Waals surface area contributed by atoms with Gasteiger partial charge >= 0.3 is 0 Å². The van der Waals surface area contributed by atoms with Crippen LogP contribution in [0.3, 0.4) is 0 Å². The molecule has 0 aromatic carbocycles. The second-order valence-corrected chi connectivity index (χ2v) is 9.31. The van der Waals surface area contributed by atoms with E-state index in [9.17, 15) is 14.4 Å². The molecule has 0 unspecified atom stereocenters. The number of thiophene rings is 1. The average Bonchev–Trinajstić information content (AvgIpc) is 3.50. The Kier molecular flexibility index (Phi) is 6.19. The van der Waals surface area contributed by atoms with E-state index >= 15 is 0 Å². The van der Waals surface area contributed by atoms with Gasteiger partial charge in [0.1, 0.15) is 0 Å². The van der Waals surface area contributed by atoms with E-state index in [-0.39, 0.29) is 29.4 Å². The molecule has 0 atom stereocenters. The van der Waals surface area contributed by atoms with Gasteiger partial charge in [-0.1, -0.05) is 0 Å². The molecule has 1 aliphatic rings. The van der Waals surface area contributed by atoms with E-state index in [2.05, 4.69) is 15.6 Å². The van der Waals surface area contributed by atoms with Crippen LogP contribution in [0.15, 0.2) is 34.3 Å². The number of nitrogens with zero attached hydrogens (tertiary/aromatic N) is 2. The van der Waals surface area contributed by atoms with Gasteiger partial charge in [0.2, 0.25) is 5.91 Å².